The molecule has 0 aliphatic rings. The molecule has 0 saturated carbocycles. The van der Waals surface area contributed by atoms with Gasteiger partial charge >= 0.3 is 0 Å². The number of thiophene rings is 1. The molecule has 2 rings (SSSR count). The first-order chi connectivity index (χ1) is 12.0. The zero-order valence-electron chi connectivity index (χ0n) is 15.6. The molecule has 5 heteroatoms. The summed E-state index contributed by atoms with van der Waals surface area (Å²) in [7, 11) is 1.72. The van der Waals surface area contributed by atoms with Crippen molar-refractivity contribution in [1.82, 2.24) is 10.6 Å². The van der Waals surface area contributed by atoms with Gasteiger partial charge in [0.05, 0.1) is 13.2 Å². The lowest BCUT2D eigenvalue weighted by Gasteiger charge is -2.25. The second-order valence-electron chi connectivity index (χ2n) is 6.66. The van der Waals surface area contributed by atoms with E-state index in [0.29, 0.717) is 13.2 Å². The zero-order valence-corrected chi connectivity index (χ0v) is 16.5. The number of benzene rings is 1. The van der Waals surface area contributed by atoms with Crippen molar-refractivity contribution < 1.29 is 4.74 Å². The predicted molar refractivity (Wildman–Crippen MR) is 107 cm³/mol. The Morgan fingerprint density at radius 1 is 1.16 bits per heavy atom. The molecule has 0 fully saturated rings. The summed E-state index contributed by atoms with van der Waals surface area (Å²) >= 11 is 1.80. The maximum atomic E-state index is 5.20. The molecule has 0 spiro atoms. The predicted octanol–water partition coefficient (Wildman–Crippen LogP) is 3.93. The number of nitrogens with one attached hydrogen (secondary N) is 2. The number of hydrogen-bond acceptors (Lipinski definition) is 3. The van der Waals surface area contributed by atoms with Gasteiger partial charge in [0.25, 0.3) is 0 Å². The monoisotopic (exact) mass is 359 g/mol. The van der Waals surface area contributed by atoms with E-state index in [1.807, 2.05) is 0 Å². The first-order valence-corrected chi connectivity index (χ1v) is 9.56. The second kappa shape index (κ2) is 9.59. The van der Waals surface area contributed by atoms with E-state index in [1.54, 1.807) is 18.4 Å². The van der Waals surface area contributed by atoms with Crippen LogP contribution < -0.4 is 10.6 Å². The van der Waals surface area contributed by atoms with Crippen LogP contribution in [0.2, 0.25) is 0 Å². The van der Waals surface area contributed by atoms with Gasteiger partial charge in [0.1, 0.15) is 0 Å². The van der Waals surface area contributed by atoms with Crippen molar-refractivity contribution in [1.29, 1.82) is 0 Å². The van der Waals surface area contributed by atoms with Gasteiger partial charge in [-0.05, 0) is 29.5 Å². The minimum atomic E-state index is 0.0722. The fourth-order valence-electron chi connectivity index (χ4n) is 2.55. The number of rotatable bonds is 8. The number of ether oxygens (including phenoxy) is 1. The largest absolute Gasteiger partial charge is 0.380 e. The molecule has 2 N–H and O–H groups in total. The first kappa shape index (κ1) is 19.5. The average Bonchev–Trinajstić information content (AvgIpc) is 3.14. The lowest BCUT2D eigenvalue weighted by Crippen LogP contribution is -2.43. The highest BCUT2D eigenvalue weighted by atomic mass is 32.1. The molecule has 1 aromatic heterocycles. The van der Waals surface area contributed by atoms with Gasteiger partial charge in [-0.1, -0.05) is 44.2 Å². The Labute approximate surface area is 155 Å². The standard InChI is InChI=1S/C20H29N3OS/c1-5-21-19(23-15-20(2,3)18-10-7-11-25-18)22-13-16-8-6-9-17(12-16)14-24-4/h6-12H,5,13-15H2,1-4H3,(H2,21,22,23). The summed E-state index contributed by atoms with van der Waals surface area (Å²) in [5, 5.41) is 8.94. The maximum Gasteiger partial charge on any atom is 0.191 e. The third-order valence-corrected chi connectivity index (χ3v) is 5.19. The van der Waals surface area contributed by atoms with Crippen LogP contribution in [0.3, 0.4) is 0 Å². The normalized spacial score (nSPS) is 12.2. The molecule has 4 nitrogen and oxygen atoms in total. The van der Waals surface area contributed by atoms with Gasteiger partial charge in [-0.3, -0.25) is 0 Å². The van der Waals surface area contributed by atoms with Crippen molar-refractivity contribution in [3.63, 3.8) is 0 Å². The SMILES string of the molecule is CCNC(=NCc1cccc(COC)c1)NCC(C)(C)c1cccs1. The van der Waals surface area contributed by atoms with Crippen LogP contribution in [-0.2, 0) is 23.3 Å². The van der Waals surface area contributed by atoms with Gasteiger partial charge in [-0.25, -0.2) is 4.99 Å². The van der Waals surface area contributed by atoms with Crippen LogP contribution in [0.1, 0.15) is 36.8 Å². The summed E-state index contributed by atoms with van der Waals surface area (Å²) in [6.45, 7) is 9.54. The molecule has 0 amide bonds. The Bertz CT molecular complexity index is 665. The van der Waals surface area contributed by atoms with E-state index in [4.69, 9.17) is 9.73 Å². The number of guanidine groups is 1. The van der Waals surface area contributed by atoms with Crippen molar-refractivity contribution >= 4 is 17.3 Å². The molecule has 0 unspecified atom stereocenters. The summed E-state index contributed by atoms with van der Waals surface area (Å²) in [6.07, 6.45) is 0. The van der Waals surface area contributed by atoms with Crippen LogP contribution in [0.25, 0.3) is 0 Å². The number of nitrogens with zero attached hydrogens (tertiary/aromatic N) is 1. The van der Waals surface area contributed by atoms with E-state index in [0.717, 1.165) is 19.0 Å². The van der Waals surface area contributed by atoms with Gasteiger partial charge in [-0.15, -0.1) is 11.3 Å². The van der Waals surface area contributed by atoms with Crippen molar-refractivity contribution in [2.45, 2.75) is 39.3 Å². The molecule has 136 valence electrons. The zero-order chi connectivity index (χ0) is 18.1. The molecule has 0 atom stereocenters. The molecule has 25 heavy (non-hydrogen) atoms. The highest BCUT2D eigenvalue weighted by molar-refractivity contribution is 7.10. The quantitative estimate of drug-likeness (QED) is 0.554. The molecule has 0 aliphatic carbocycles. The molecular formula is C20H29N3OS. The third-order valence-electron chi connectivity index (χ3n) is 3.95. The topological polar surface area (TPSA) is 45.7 Å². The smallest absolute Gasteiger partial charge is 0.191 e. The minimum absolute atomic E-state index is 0.0722. The van der Waals surface area contributed by atoms with Crippen molar-refractivity contribution in [2.24, 2.45) is 4.99 Å². The Hall–Kier alpha value is -1.85. The Balaban J connectivity index is 1.99. The van der Waals surface area contributed by atoms with Crippen molar-refractivity contribution in [3.8, 4) is 0 Å². The lowest BCUT2D eigenvalue weighted by molar-refractivity contribution is 0.185. The Kier molecular flexibility index (Phi) is 7.47. The maximum absolute atomic E-state index is 5.20. The number of hydrogen-bond donors (Lipinski definition) is 2. The van der Waals surface area contributed by atoms with Crippen LogP contribution in [0, 0.1) is 0 Å². The first-order valence-electron chi connectivity index (χ1n) is 8.68. The highest BCUT2D eigenvalue weighted by Crippen LogP contribution is 2.26. The minimum Gasteiger partial charge on any atom is -0.380 e. The molecule has 0 bridgehead atoms. The molecule has 0 saturated heterocycles. The fourth-order valence-corrected chi connectivity index (χ4v) is 3.40. The van der Waals surface area contributed by atoms with Crippen molar-refractivity contribution in [2.75, 3.05) is 20.2 Å². The fraction of sp³-hybridized carbons (Fsp3) is 0.450. The summed E-state index contributed by atoms with van der Waals surface area (Å²) in [5.74, 6) is 0.851. The summed E-state index contributed by atoms with van der Waals surface area (Å²) < 4.78 is 5.20. The van der Waals surface area contributed by atoms with E-state index >= 15 is 0 Å². The number of aliphatic imine (C=N–C) groups is 1. The summed E-state index contributed by atoms with van der Waals surface area (Å²) in [5.41, 5.74) is 2.43. The van der Waals surface area contributed by atoms with E-state index in [-0.39, 0.29) is 5.41 Å². The molecule has 1 aromatic carbocycles. The van der Waals surface area contributed by atoms with Crippen LogP contribution >= 0.6 is 11.3 Å². The molecular weight excluding hydrogens is 330 g/mol. The van der Waals surface area contributed by atoms with Crippen LogP contribution in [0.4, 0.5) is 0 Å². The van der Waals surface area contributed by atoms with Crippen LogP contribution in [0.15, 0.2) is 46.8 Å². The summed E-state index contributed by atoms with van der Waals surface area (Å²) in [6, 6.07) is 12.7. The van der Waals surface area contributed by atoms with Gasteiger partial charge in [-0.2, -0.15) is 0 Å². The Morgan fingerprint density at radius 2 is 1.96 bits per heavy atom. The Morgan fingerprint density at radius 3 is 2.64 bits per heavy atom. The van der Waals surface area contributed by atoms with Crippen LogP contribution in [0.5, 0.6) is 0 Å². The van der Waals surface area contributed by atoms with Gasteiger partial charge in [0, 0.05) is 30.5 Å². The second-order valence-corrected chi connectivity index (χ2v) is 7.61. The van der Waals surface area contributed by atoms with E-state index in [1.165, 1.54) is 16.0 Å². The number of methoxy groups -OCH3 is 1. The van der Waals surface area contributed by atoms with E-state index in [2.05, 4.69) is 73.2 Å². The van der Waals surface area contributed by atoms with Gasteiger partial charge in [0.15, 0.2) is 5.96 Å². The van der Waals surface area contributed by atoms with Crippen LogP contribution in [-0.4, -0.2) is 26.2 Å². The van der Waals surface area contributed by atoms with E-state index < -0.39 is 0 Å². The summed E-state index contributed by atoms with van der Waals surface area (Å²) in [4.78, 5) is 6.10. The third kappa shape index (κ3) is 6.18. The van der Waals surface area contributed by atoms with Crippen molar-refractivity contribution in [3.05, 3.63) is 57.8 Å². The molecule has 0 radical (unpaired) electrons. The lowest BCUT2D eigenvalue weighted by atomic mass is 9.91. The molecule has 0 aliphatic heterocycles. The van der Waals surface area contributed by atoms with Gasteiger partial charge < -0.3 is 15.4 Å². The molecule has 2 aromatic rings. The highest BCUT2D eigenvalue weighted by Gasteiger charge is 2.21. The van der Waals surface area contributed by atoms with Gasteiger partial charge in [0.2, 0.25) is 0 Å². The molecule has 1 heterocycles. The average molecular weight is 360 g/mol. The van der Waals surface area contributed by atoms with E-state index in [9.17, 15) is 0 Å².